The molecule has 4 heteroatoms. The summed E-state index contributed by atoms with van der Waals surface area (Å²) in [6.07, 6.45) is 3.27. The van der Waals surface area contributed by atoms with Crippen LogP contribution in [0.3, 0.4) is 0 Å². The number of para-hydroxylation sites is 1. The highest BCUT2D eigenvalue weighted by Gasteiger charge is 2.42. The average molecular weight is 246 g/mol. The van der Waals surface area contributed by atoms with Crippen LogP contribution in [0.4, 0.5) is 0 Å². The molecule has 1 aromatic carbocycles. The number of nitrogens with one attached hydrogen (secondary N) is 2. The third kappa shape index (κ3) is 2.08. The Kier molecular flexibility index (Phi) is 2.96. The van der Waals surface area contributed by atoms with E-state index in [-0.39, 0.29) is 17.6 Å². The van der Waals surface area contributed by atoms with E-state index < -0.39 is 0 Å². The number of fused-ring (bicyclic) bond motifs is 2. The van der Waals surface area contributed by atoms with E-state index in [0.717, 1.165) is 18.4 Å². The van der Waals surface area contributed by atoms with Gasteiger partial charge in [-0.3, -0.25) is 4.79 Å². The molecule has 2 saturated heterocycles. The summed E-state index contributed by atoms with van der Waals surface area (Å²) in [6, 6.07) is 8.01. The molecule has 96 valence electrons. The fourth-order valence-electron chi connectivity index (χ4n) is 3.09. The quantitative estimate of drug-likeness (QED) is 0.749. The fourth-order valence-corrected chi connectivity index (χ4v) is 3.09. The van der Waals surface area contributed by atoms with Crippen molar-refractivity contribution in [1.82, 2.24) is 10.6 Å². The number of hydrogen-bond acceptors (Lipinski definition) is 3. The van der Waals surface area contributed by atoms with Gasteiger partial charge in [-0.2, -0.15) is 0 Å². The summed E-state index contributed by atoms with van der Waals surface area (Å²) >= 11 is 0. The van der Waals surface area contributed by atoms with Gasteiger partial charge in [-0.15, -0.1) is 0 Å². The second-order valence-electron chi connectivity index (χ2n) is 5.24. The number of amides is 1. The number of phenolic OH excluding ortho intramolecular Hbond substituents is 1. The summed E-state index contributed by atoms with van der Waals surface area (Å²) in [5.41, 5.74) is 0.766. The highest BCUT2D eigenvalue weighted by molar-refractivity contribution is 5.80. The van der Waals surface area contributed by atoms with Crippen LogP contribution in [0.25, 0.3) is 0 Å². The molecule has 0 aromatic heterocycles. The van der Waals surface area contributed by atoms with Crippen molar-refractivity contribution in [2.45, 2.75) is 37.9 Å². The van der Waals surface area contributed by atoms with Crippen molar-refractivity contribution in [3.63, 3.8) is 0 Å². The van der Waals surface area contributed by atoms with Crippen molar-refractivity contribution in [1.29, 1.82) is 0 Å². The first-order valence-electron chi connectivity index (χ1n) is 6.54. The lowest BCUT2D eigenvalue weighted by atomic mass is 9.88. The lowest BCUT2D eigenvalue weighted by Gasteiger charge is -2.19. The van der Waals surface area contributed by atoms with Gasteiger partial charge in [0, 0.05) is 24.2 Å². The van der Waals surface area contributed by atoms with Gasteiger partial charge in [-0.1, -0.05) is 18.2 Å². The van der Waals surface area contributed by atoms with E-state index in [1.807, 2.05) is 12.1 Å². The second kappa shape index (κ2) is 4.61. The smallest absolute Gasteiger partial charge is 0.225 e. The predicted octanol–water partition coefficient (Wildman–Crippen LogP) is 1.15. The van der Waals surface area contributed by atoms with Crippen LogP contribution in [0.15, 0.2) is 24.3 Å². The van der Waals surface area contributed by atoms with Crippen LogP contribution in [0.1, 0.15) is 24.8 Å². The molecule has 1 amide bonds. The van der Waals surface area contributed by atoms with Gasteiger partial charge in [0.1, 0.15) is 5.75 Å². The SMILES string of the molecule is O=C(NCc1ccccc1O)C1CC2CCC1N2. The lowest BCUT2D eigenvalue weighted by molar-refractivity contribution is -0.125. The molecule has 2 aliphatic heterocycles. The van der Waals surface area contributed by atoms with Crippen LogP contribution in [-0.4, -0.2) is 23.1 Å². The minimum absolute atomic E-state index is 0.106. The fraction of sp³-hybridized carbons (Fsp3) is 0.500. The molecular formula is C14H18N2O2. The van der Waals surface area contributed by atoms with E-state index in [1.165, 1.54) is 6.42 Å². The first-order valence-corrected chi connectivity index (χ1v) is 6.54. The van der Waals surface area contributed by atoms with Crippen LogP contribution in [-0.2, 0) is 11.3 Å². The van der Waals surface area contributed by atoms with Gasteiger partial charge in [0.2, 0.25) is 5.91 Å². The van der Waals surface area contributed by atoms with Crippen molar-refractivity contribution in [3.8, 4) is 5.75 Å². The maximum absolute atomic E-state index is 12.1. The summed E-state index contributed by atoms with van der Waals surface area (Å²) in [7, 11) is 0. The summed E-state index contributed by atoms with van der Waals surface area (Å²) in [5, 5.41) is 16.0. The molecule has 4 nitrogen and oxygen atoms in total. The molecule has 2 bridgehead atoms. The number of aromatic hydroxyl groups is 1. The van der Waals surface area contributed by atoms with Gasteiger partial charge >= 0.3 is 0 Å². The number of hydrogen-bond donors (Lipinski definition) is 3. The van der Waals surface area contributed by atoms with E-state index in [2.05, 4.69) is 10.6 Å². The molecular weight excluding hydrogens is 228 g/mol. The van der Waals surface area contributed by atoms with Crippen LogP contribution in [0, 0.1) is 5.92 Å². The van der Waals surface area contributed by atoms with E-state index in [9.17, 15) is 9.90 Å². The third-order valence-corrected chi connectivity index (χ3v) is 4.08. The Morgan fingerprint density at radius 2 is 2.22 bits per heavy atom. The summed E-state index contributed by atoms with van der Waals surface area (Å²) < 4.78 is 0. The number of benzene rings is 1. The van der Waals surface area contributed by atoms with Crippen molar-refractivity contribution in [2.24, 2.45) is 5.92 Å². The van der Waals surface area contributed by atoms with Crippen LogP contribution in [0.2, 0.25) is 0 Å². The van der Waals surface area contributed by atoms with Crippen molar-refractivity contribution >= 4 is 5.91 Å². The zero-order valence-electron chi connectivity index (χ0n) is 10.2. The Bertz CT molecular complexity index is 461. The normalized spacial score (nSPS) is 29.4. The molecule has 3 rings (SSSR count). The van der Waals surface area contributed by atoms with E-state index >= 15 is 0 Å². The topological polar surface area (TPSA) is 61.4 Å². The maximum Gasteiger partial charge on any atom is 0.225 e. The molecule has 0 spiro atoms. The van der Waals surface area contributed by atoms with E-state index in [4.69, 9.17) is 0 Å². The summed E-state index contributed by atoms with van der Waals surface area (Å²) in [6.45, 7) is 0.402. The number of carbonyl (C=O) groups excluding carboxylic acids is 1. The molecule has 2 heterocycles. The molecule has 3 N–H and O–H groups in total. The Morgan fingerprint density at radius 1 is 1.39 bits per heavy atom. The average Bonchev–Trinajstić information content (AvgIpc) is 2.99. The summed E-state index contributed by atoms with van der Waals surface area (Å²) in [5.74, 6) is 0.455. The van der Waals surface area contributed by atoms with E-state index in [1.54, 1.807) is 12.1 Å². The number of phenols is 1. The van der Waals surface area contributed by atoms with Crippen molar-refractivity contribution in [2.75, 3.05) is 0 Å². The first-order chi connectivity index (χ1) is 8.74. The molecule has 0 saturated carbocycles. The maximum atomic E-state index is 12.1. The van der Waals surface area contributed by atoms with Gasteiger partial charge in [-0.05, 0) is 25.3 Å². The van der Waals surface area contributed by atoms with Gasteiger partial charge in [0.15, 0.2) is 0 Å². The zero-order valence-corrected chi connectivity index (χ0v) is 10.2. The first kappa shape index (κ1) is 11.5. The predicted molar refractivity (Wildman–Crippen MR) is 68.0 cm³/mol. The van der Waals surface area contributed by atoms with E-state index in [0.29, 0.717) is 18.6 Å². The minimum Gasteiger partial charge on any atom is -0.508 e. The summed E-state index contributed by atoms with van der Waals surface area (Å²) in [4.78, 5) is 12.1. The number of carbonyl (C=O) groups is 1. The van der Waals surface area contributed by atoms with Crippen LogP contribution in [0.5, 0.6) is 5.75 Å². The molecule has 18 heavy (non-hydrogen) atoms. The molecule has 3 atom stereocenters. The molecule has 2 aliphatic rings. The molecule has 1 aromatic rings. The molecule has 2 fully saturated rings. The molecule has 0 radical (unpaired) electrons. The highest BCUT2D eigenvalue weighted by Crippen LogP contribution is 2.33. The third-order valence-electron chi connectivity index (χ3n) is 4.08. The van der Waals surface area contributed by atoms with Gasteiger partial charge in [0.05, 0.1) is 5.92 Å². The Labute approximate surface area is 106 Å². The van der Waals surface area contributed by atoms with Crippen LogP contribution < -0.4 is 10.6 Å². The number of rotatable bonds is 3. The van der Waals surface area contributed by atoms with Crippen molar-refractivity contribution < 1.29 is 9.90 Å². The standard InChI is InChI=1S/C14H18N2O2/c17-13-4-2-1-3-9(13)8-15-14(18)11-7-10-5-6-12(11)16-10/h1-4,10-12,16-17H,5-8H2,(H,15,18). The Morgan fingerprint density at radius 3 is 2.89 bits per heavy atom. The molecule has 0 aliphatic carbocycles. The second-order valence-corrected chi connectivity index (χ2v) is 5.24. The zero-order chi connectivity index (χ0) is 12.5. The van der Waals surface area contributed by atoms with Gasteiger partial charge < -0.3 is 15.7 Å². The highest BCUT2D eigenvalue weighted by atomic mass is 16.3. The van der Waals surface area contributed by atoms with Gasteiger partial charge in [-0.25, -0.2) is 0 Å². The van der Waals surface area contributed by atoms with Gasteiger partial charge in [0.25, 0.3) is 0 Å². The van der Waals surface area contributed by atoms with Crippen molar-refractivity contribution in [3.05, 3.63) is 29.8 Å². The Balaban J connectivity index is 1.58. The lowest BCUT2D eigenvalue weighted by Crippen LogP contribution is -2.37. The van der Waals surface area contributed by atoms with Crippen LogP contribution >= 0.6 is 0 Å². The minimum atomic E-state index is 0.106. The largest absolute Gasteiger partial charge is 0.508 e. The monoisotopic (exact) mass is 246 g/mol. The Hall–Kier alpha value is -1.55. The molecule has 3 unspecified atom stereocenters.